The Labute approximate surface area is 221 Å². The number of rotatable bonds is 9. The van der Waals surface area contributed by atoms with Gasteiger partial charge in [0, 0.05) is 23.6 Å². The smallest absolute Gasteiger partial charge is 0.261 e. The first-order chi connectivity index (χ1) is 18.7. The van der Waals surface area contributed by atoms with E-state index in [9.17, 15) is 10.1 Å². The summed E-state index contributed by atoms with van der Waals surface area (Å²) in [6.07, 6.45) is 4.16. The maximum atomic E-state index is 12.7. The van der Waals surface area contributed by atoms with Gasteiger partial charge < -0.3 is 19.8 Å². The van der Waals surface area contributed by atoms with Gasteiger partial charge in [0.2, 0.25) is 0 Å². The van der Waals surface area contributed by atoms with Crippen LogP contribution in [0.4, 0.5) is 0 Å². The third-order valence-corrected chi connectivity index (χ3v) is 6.48. The molecular formula is C32H27N3O3. The topological polar surface area (TPSA) is 87.1 Å². The van der Waals surface area contributed by atoms with Crippen molar-refractivity contribution >= 4 is 33.7 Å². The molecule has 5 rings (SSSR count). The van der Waals surface area contributed by atoms with E-state index in [0.717, 1.165) is 32.8 Å². The highest BCUT2D eigenvalue weighted by atomic mass is 16.5. The molecule has 0 atom stereocenters. The van der Waals surface area contributed by atoms with Gasteiger partial charge in [-0.05, 0) is 58.2 Å². The maximum Gasteiger partial charge on any atom is 0.261 e. The van der Waals surface area contributed by atoms with Crippen LogP contribution in [0.5, 0.6) is 11.5 Å². The van der Waals surface area contributed by atoms with Gasteiger partial charge in [0.25, 0.3) is 5.91 Å². The minimum atomic E-state index is -0.414. The molecule has 0 saturated carbocycles. The number of carbonyl (C=O) groups excluding carboxylic acids is 1. The van der Waals surface area contributed by atoms with E-state index in [-0.39, 0.29) is 5.57 Å². The van der Waals surface area contributed by atoms with Gasteiger partial charge in [-0.25, -0.2) is 0 Å². The van der Waals surface area contributed by atoms with Crippen molar-refractivity contribution < 1.29 is 14.3 Å². The number of hydrogen-bond donors (Lipinski definition) is 2. The van der Waals surface area contributed by atoms with E-state index in [2.05, 4.69) is 28.5 Å². The normalized spacial score (nSPS) is 11.3. The molecule has 0 unspecified atom stereocenters. The molecule has 5 aromatic rings. The Kier molecular flexibility index (Phi) is 7.37. The standard InChI is InChI=1S/C32H27N3O3/c1-37-31-18-22(13-14-30(31)38-21-25-9-6-8-23-7-2-3-10-27(23)25)17-26(19-33)32(36)34-16-15-24-20-35-29-12-5-4-11-28(24)29/h2-14,17-18,20,35H,15-16,21H2,1H3,(H,34,36)/b26-17-. The Morgan fingerprint density at radius 2 is 1.74 bits per heavy atom. The summed E-state index contributed by atoms with van der Waals surface area (Å²) >= 11 is 0. The first-order valence-corrected chi connectivity index (χ1v) is 12.4. The second-order valence-electron chi connectivity index (χ2n) is 8.87. The van der Waals surface area contributed by atoms with Crippen LogP contribution in [0.15, 0.2) is 96.7 Å². The summed E-state index contributed by atoms with van der Waals surface area (Å²) in [6.45, 7) is 0.805. The summed E-state index contributed by atoms with van der Waals surface area (Å²) in [5, 5.41) is 15.9. The zero-order chi connectivity index (χ0) is 26.3. The monoisotopic (exact) mass is 501 g/mol. The number of carbonyl (C=O) groups is 1. The number of ether oxygens (including phenoxy) is 2. The number of nitrogens with zero attached hydrogens (tertiary/aromatic N) is 1. The largest absolute Gasteiger partial charge is 0.493 e. The van der Waals surface area contributed by atoms with Gasteiger partial charge in [-0.3, -0.25) is 4.79 Å². The molecule has 0 bridgehead atoms. The van der Waals surface area contributed by atoms with Crippen LogP contribution in [0.3, 0.4) is 0 Å². The van der Waals surface area contributed by atoms with E-state index in [4.69, 9.17) is 9.47 Å². The van der Waals surface area contributed by atoms with E-state index < -0.39 is 5.91 Å². The average Bonchev–Trinajstić information content (AvgIpc) is 3.38. The summed E-state index contributed by atoms with van der Waals surface area (Å²) < 4.78 is 11.6. The predicted molar refractivity (Wildman–Crippen MR) is 150 cm³/mol. The highest BCUT2D eigenvalue weighted by Gasteiger charge is 2.12. The number of nitriles is 1. The molecule has 6 heteroatoms. The van der Waals surface area contributed by atoms with Crippen LogP contribution in [-0.2, 0) is 17.8 Å². The number of fused-ring (bicyclic) bond motifs is 2. The molecule has 188 valence electrons. The number of amides is 1. The number of nitrogens with one attached hydrogen (secondary N) is 2. The lowest BCUT2D eigenvalue weighted by Gasteiger charge is -2.13. The Bertz CT molecular complexity index is 1670. The minimum Gasteiger partial charge on any atom is -0.493 e. The third-order valence-electron chi connectivity index (χ3n) is 6.48. The molecule has 4 aromatic carbocycles. The van der Waals surface area contributed by atoms with Gasteiger partial charge in [-0.15, -0.1) is 0 Å². The molecule has 1 amide bonds. The summed E-state index contributed by atoms with van der Waals surface area (Å²) in [7, 11) is 1.57. The van der Waals surface area contributed by atoms with Gasteiger partial charge in [0.1, 0.15) is 18.2 Å². The van der Waals surface area contributed by atoms with Crippen LogP contribution >= 0.6 is 0 Å². The second-order valence-corrected chi connectivity index (χ2v) is 8.87. The number of hydrogen-bond acceptors (Lipinski definition) is 4. The average molecular weight is 502 g/mol. The Morgan fingerprint density at radius 3 is 2.58 bits per heavy atom. The van der Waals surface area contributed by atoms with Crippen LogP contribution in [-0.4, -0.2) is 24.5 Å². The molecule has 0 radical (unpaired) electrons. The predicted octanol–water partition coefficient (Wildman–Crippen LogP) is 6.17. The summed E-state index contributed by atoms with van der Waals surface area (Å²) in [6, 6.07) is 29.7. The number of benzene rings is 4. The number of para-hydroxylation sites is 1. The minimum absolute atomic E-state index is 0.0235. The second kappa shape index (κ2) is 11.4. The molecule has 0 fully saturated rings. The lowest BCUT2D eigenvalue weighted by atomic mass is 10.1. The van der Waals surface area contributed by atoms with Crippen molar-refractivity contribution in [3.05, 3.63) is 113 Å². The van der Waals surface area contributed by atoms with Gasteiger partial charge in [-0.2, -0.15) is 5.26 Å². The quantitative estimate of drug-likeness (QED) is 0.187. The fourth-order valence-electron chi connectivity index (χ4n) is 4.53. The van der Waals surface area contributed by atoms with Crippen LogP contribution in [0, 0.1) is 11.3 Å². The number of aromatic amines is 1. The number of methoxy groups -OCH3 is 1. The maximum absolute atomic E-state index is 12.7. The molecule has 0 saturated heterocycles. The molecule has 0 spiro atoms. The van der Waals surface area contributed by atoms with Gasteiger partial charge in [0.15, 0.2) is 11.5 Å². The van der Waals surface area contributed by atoms with Crippen molar-refractivity contribution in [1.82, 2.24) is 10.3 Å². The van der Waals surface area contributed by atoms with E-state index >= 15 is 0 Å². The molecule has 6 nitrogen and oxygen atoms in total. The highest BCUT2D eigenvalue weighted by Crippen LogP contribution is 2.30. The first-order valence-electron chi connectivity index (χ1n) is 12.4. The molecular weight excluding hydrogens is 474 g/mol. The van der Waals surface area contributed by atoms with Crippen molar-refractivity contribution in [2.75, 3.05) is 13.7 Å². The molecule has 0 aliphatic carbocycles. The zero-order valence-corrected chi connectivity index (χ0v) is 21.0. The molecule has 2 N–H and O–H groups in total. The van der Waals surface area contributed by atoms with Crippen LogP contribution in [0.2, 0.25) is 0 Å². The van der Waals surface area contributed by atoms with Crippen LogP contribution < -0.4 is 14.8 Å². The summed E-state index contributed by atoms with van der Waals surface area (Å²) in [5.41, 5.74) is 3.94. The molecule has 1 heterocycles. The molecule has 1 aromatic heterocycles. The van der Waals surface area contributed by atoms with Crippen molar-refractivity contribution in [1.29, 1.82) is 5.26 Å². The Balaban J connectivity index is 1.24. The fourth-order valence-corrected chi connectivity index (χ4v) is 4.53. The lowest BCUT2D eigenvalue weighted by Crippen LogP contribution is -2.26. The van der Waals surface area contributed by atoms with Gasteiger partial charge in [0.05, 0.1) is 7.11 Å². The Morgan fingerprint density at radius 1 is 0.947 bits per heavy atom. The van der Waals surface area contributed by atoms with E-state index in [1.165, 1.54) is 0 Å². The molecule has 0 aliphatic heterocycles. The van der Waals surface area contributed by atoms with Crippen molar-refractivity contribution in [3.8, 4) is 17.6 Å². The first kappa shape index (κ1) is 24.7. The Hall–Kier alpha value is -5.02. The summed E-state index contributed by atoms with van der Waals surface area (Å²) in [4.78, 5) is 15.9. The van der Waals surface area contributed by atoms with E-state index in [1.54, 1.807) is 31.4 Å². The van der Waals surface area contributed by atoms with Gasteiger partial charge >= 0.3 is 0 Å². The van der Waals surface area contributed by atoms with E-state index in [1.807, 2.05) is 60.8 Å². The SMILES string of the molecule is COc1cc(/C=C(/C#N)C(=O)NCCc2c[nH]c3ccccc23)ccc1OCc1cccc2ccccc12. The van der Waals surface area contributed by atoms with Crippen LogP contribution in [0.1, 0.15) is 16.7 Å². The zero-order valence-electron chi connectivity index (χ0n) is 21.0. The van der Waals surface area contributed by atoms with Crippen molar-refractivity contribution in [2.24, 2.45) is 0 Å². The van der Waals surface area contributed by atoms with Crippen molar-refractivity contribution in [3.63, 3.8) is 0 Å². The fraction of sp³-hybridized carbons (Fsp3) is 0.125. The molecule has 0 aliphatic rings. The number of aromatic nitrogens is 1. The van der Waals surface area contributed by atoms with Crippen LogP contribution in [0.25, 0.3) is 27.8 Å². The lowest BCUT2D eigenvalue weighted by molar-refractivity contribution is -0.117. The highest BCUT2D eigenvalue weighted by molar-refractivity contribution is 6.01. The van der Waals surface area contributed by atoms with E-state index in [0.29, 0.717) is 36.6 Å². The van der Waals surface area contributed by atoms with Crippen molar-refractivity contribution in [2.45, 2.75) is 13.0 Å². The number of H-pyrrole nitrogens is 1. The molecule has 38 heavy (non-hydrogen) atoms. The third kappa shape index (κ3) is 5.37. The van der Waals surface area contributed by atoms with Gasteiger partial charge in [-0.1, -0.05) is 66.7 Å². The summed E-state index contributed by atoms with van der Waals surface area (Å²) in [5.74, 6) is 0.692.